The Kier molecular flexibility index (Phi) is 3.70. The van der Waals surface area contributed by atoms with Gasteiger partial charge in [-0.25, -0.2) is 0 Å². The monoisotopic (exact) mass is 312 g/mol. The molecule has 118 valence electrons. The average molecular weight is 312 g/mol. The molecule has 0 atom stereocenters. The van der Waals surface area contributed by atoms with Gasteiger partial charge in [-0.05, 0) is 30.7 Å². The number of rotatable bonds is 4. The molecule has 2 aromatic carbocycles. The fourth-order valence-corrected chi connectivity index (χ4v) is 2.33. The molecule has 0 amide bonds. The topological polar surface area (TPSA) is 68.9 Å². The molecule has 5 nitrogen and oxygen atoms in total. The van der Waals surface area contributed by atoms with Crippen molar-refractivity contribution in [2.75, 3.05) is 13.7 Å². The second-order valence-corrected chi connectivity index (χ2v) is 5.35. The first-order valence-electron chi connectivity index (χ1n) is 7.04. The minimum Gasteiger partial charge on any atom is -0.507 e. The van der Waals surface area contributed by atoms with Crippen molar-refractivity contribution >= 4 is 21.9 Å². The van der Waals surface area contributed by atoms with Crippen LogP contribution in [0.3, 0.4) is 0 Å². The van der Waals surface area contributed by atoms with Gasteiger partial charge in [0.15, 0.2) is 0 Å². The van der Waals surface area contributed by atoms with Crippen LogP contribution in [0.25, 0.3) is 21.9 Å². The lowest BCUT2D eigenvalue weighted by molar-refractivity contribution is 0.350. The van der Waals surface area contributed by atoms with Crippen molar-refractivity contribution < 1.29 is 19.0 Å². The zero-order valence-electron chi connectivity index (χ0n) is 12.9. The van der Waals surface area contributed by atoms with E-state index in [4.69, 9.17) is 13.9 Å². The summed E-state index contributed by atoms with van der Waals surface area (Å²) in [5.41, 5.74) is 1.21. The number of aromatic hydroxyl groups is 1. The van der Waals surface area contributed by atoms with Crippen molar-refractivity contribution in [3.05, 3.63) is 52.7 Å². The number of ether oxygens (including phenoxy) is 2. The third-order valence-electron chi connectivity index (χ3n) is 3.42. The quantitative estimate of drug-likeness (QED) is 0.588. The van der Waals surface area contributed by atoms with Crippen molar-refractivity contribution in [1.29, 1.82) is 0 Å². The van der Waals surface area contributed by atoms with E-state index in [1.807, 2.05) is 6.92 Å². The van der Waals surface area contributed by atoms with Gasteiger partial charge >= 0.3 is 0 Å². The highest BCUT2D eigenvalue weighted by molar-refractivity contribution is 5.94. The third kappa shape index (κ3) is 2.73. The van der Waals surface area contributed by atoms with Gasteiger partial charge in [0.1, 0.15) is 40.4 Å². The molecule has 0 aliphatic heterocycles. The molecule has 1 heterocycles. The highest BCUT2D eigenvalue weighted by Crippen LogP contribution is 2.31. The van der Waals surface area contributed by atoms with Crippen molar-refractivity contribution in [1.82, 2.24) is 0 Å². The van der Waals surface area contributed by atoms with Gasteiger partial charge in [-0.3, -0.25) is 4.79 Å². The molecule has 1 aromatic heterocycles. The molecule has 0 radical (unpaired) electrons. The SMILES string of the molecule is C=C(C)COc1cc(O)c2c(=O)c3cc(OC)ccc3oc2c1. The van der Waals surface area contributed by atoms with Crippen LogP contribution >= 0.6 is 0 Å². The summed E-state index contributed by atoms with van der Waals surface area (Å²) in [7, 11) is 1.52. The van der Waals surface area contributed by atoms with E-state index < -0.39 is 0 Å². The fraction of sp³-hybridized carbons (Fsp3) is 0.167. The minimum atomic E-state index is -0.316. The van der Waals surface area contributed by atoms with Gasteiger partial charge in [0.2, 0.25) is 5.43 Å². The Labute approximate surface area is 132 Å². The van der Waals surface area contributed by atoms with E-state index in [1.54, 1.807) is 24.3 Å². The number of phenolic OH excluding ortho intramolecular Hbond substituents is 1. The number of hydrogen-bond acceptors (Lipinski definition) is 5. The number of phenols is 1. The fourth-order valence-electron chi connectivity index (χ4n) is 2.33. The standard InChI is InChI=1S/C18H16O5/c1-10(2)9-22-12-7-14(19)17-16(8-12)23-15-5-4-11(21-3)6-13(15)18(17)20/h4-8,19H,1,9H2,2-3H3. The molecule has 0 spiro atoms. The molecule has 0 fully saturated rings. The van der Waals surface area contributed by atoms with E-state index >= 15 is 0 Å². The highest BCUT2D eigenvalue weighted by atomic mass is 16.5. The molecular weight excluding hydrogens is 296 g/mol. The second-order valence-electron chi connectivity index (χ2n) is 5.35. The van der Waals surface area contributed by atoms with Crippen LogP contribution in [0.2, 0.25) is 0 Å². The predicted octanol–water partition coefficient (Wildman–Crippen LogP) is 3.62. The number of fused-ring (bicyclic) bond motifs is 2. The second kappa shape index (κ2) is 5.68. The summed E-state index contributed by atoms with van der Waals surface area (Å²) < 4.78 is 16.4. The molecular formula is C18H16O5. The Morgan fingerprint density at radius 2 is 2.00 bits per heavy atom. The lowest BCUT2D eigenvalue weighted by Crippen LogP contribution is -2.04. The molecule has 1 N–H and O–H groups in total. The van der Waals surface area contributed by atoms with E-state index in [0.717, 1.165) is 5.57 Å². The van der Waals surface area contributed by atoms with E-state index in [9.17, 15) is 9.90 Å². The summed E-state index contributed by atoms with van der Waals surface area (Å²) in [6.07, 6.45) is 0. The number of hydrogen-bond donors (Lipinski definition) is 1. The lowest BCUT2D eigenvalue weighted by Gasteiger charge is -2.09. The van der Waals surface area contributed by atoms with Crippen LogP contribution in [-0.2, 0) is 0 Å². The van der Waals surface area contributed by atoms with Crippen molar-refractivity contribution in [2.24, 2.45) is 0 Å². The van der Waals surface area contributed by atoms with Crippen LogP contribution in [0.5, 0.6) is 17.2 Å². The van der Waals surface area contributed by atoms with E-state index in [2.05, 4.69) is 6.58 Å². The van der Waals surface area contributed by atoms with Gasteiger partial charge in [0.05, 0.1) is 12.5 Å². The summed E-state index contributed by atoms with van der Waals surface area (Å²) >= 11 is 0. The summed E-state index contributed by atoms with van der Waals surface area (Å²) in [4.78, 5) is 12.6. The third-order valence-corrected chi connectivity index (χ3v) is 3.42. The Balaban J connectivity index is 2.23. The summed E-state index contributed by atoms with van der Waals surface area (Å²) in [6.45, 7) is 5.91. The molecule has 23 heavy (non-hydrogen) atoms. The Morgan fingerprint density at radius 3 is 2.70 bits per heavy atom. The minimum absolute atomic E-state index is 0.119. The molecule has 3 rings (SSSR count). The van der Waals surface area contributed by atoms with Gasteiger partial charge < -0.3 is 19.0 Å². The largest absolute Gasteiger partial charge is 0.507 e. The average Bonchev–Trinajstić information content (AvgIpc) is 2.52. The van der Waals surface area contributed by atoms with Crippen LogP contribution < -0.4 is 14.9 Å². The van der Waals surface area contributed by atoms with Crippen molar-refractivity contribution in [3.8, 4) is 17.2 Å². The van der Waals surface area contributed by atoms with Crippen LogP contribution in [0.4, 0.5) is 0 Å². The lowest BCUT2D eigenvalue weighted by atomic mass is 10.1. The first-order chi connectivity index (χ1) is 11.0. The summed E-state index contributed by atoms with van der Waals surface area (Å²) in [5, 5.41) is 10.7. The summed E-state index contributed by atoms with van der Waals surface area (Å²) in [5.74, 6) is 0.775. The van der Waals surface area contributed by atoms with Gasteiger partial charge in [-0.1, -0.05) is 6.58 Å². The molecule has 0 bridgehead atoms. The van der Waals surface area contributed by atoms with Crippen molar-refractivity contribution in [2.45, 2.75) is 6.92 Å². The van der Waals surface area contributed by atoms with E-state index in [1.165, 1.54) is 13.2 Å². The molecule has 5 heteroatoms. The smallest absolute Gasteiger partial charge is 0.204 e. The van der Waals surface area contributed by atoms with Crippen molar-refractivity contribution in [3.63, 3.8) is 0 Å². The molecule has 0 saturated carbocycles. The molecule has 0 saturated heterocycles. The van der Waals surface area contributed by atoms with Crippen LogP contribution in [-0.4, -0.2) is 18.8 Å². The first kappa shape index (κ1) is 15.0. The van der Waals surface area contributed by atoms with Gasteiger partial charge in [-0.15, -0.1) is 0 Å². The van der Waals surface area contributed by atoms with Crippen LogP contribution in [0.15, 0.2) is 51.7 Å². The Hall–Kier alpha value is -2.95. The number of benzene rings is 2. The van der Waals surface area contributed by atoms with Crippen LogP contribution in [0.1, 0.15) is 6.92 Å². The molecule has 0 aliphatic rings. The molecule has 3 aromatic rings. The zero-order valence-corrected chi connectivity index (χ0v) is 12.9. The number of methoxy groups -OCH3 is 1. The maximum atomic E-state index is 12.6. The van der Waals surface area contributed by atoms with E-state index in [-0.39, 0.29) is 22.1 Å². The Morgan fingerprint density at radius 1 is 1.22 bits per heavy atom. The summed E-state index contributed by atoms with van der Waals surface area (Å²) in [6, 6.07) is 7.94. The van der Waals surface area contributed by atoms with Gasteiger partial charge in [-0.2, -0.15) is 0 Å². The predicted molar refractivity (Wildman–Crippen MR) is 88.5 cm³/mol. The highest BCUT2D eigenvalue weighted by Gasteiger charge is 2.14. The normalized spacial score (nSPS) is 10.9. The van der Waals surface area contributed by atoms with Crippen LogP contribution in [0, 0.1) is 0 Å². The first-order valence-corrected chi connectivity index (χ1v) is 7.04. The Bertz CT molecular complexity index is 968. The van der Waals surface area contributed by atoms with Gasteiger partial charge in [0.25, 0.3) is 0 Å². The zero-order chi connectivity index (χ0) is 16.6. The van der Waals surface area contributed by atoms with E-state index in [0.29, 0.717) is 29.1 Å². The van der Waals surface area contributed by atoms with Gasteiger partial charge in [0, 0.05) is 12.1 Å². The molecule has 0 aliphatic carbocycles. The maximum absolute atomic E-state index is 12.6. The molecule has 0 unspecified atom stereocenters. The maximum Gasteiger partial charge on any atom is 0.204 e.